The Balaban J connectivity index is 1.57. The number of rotatable bonds is 4. The summed E-state index contributed by atoms with van der Waals surface area (Å²) in [5.74, 6) is 1.31. The molecule has 0 amide bonds. The van der Waals surface area contributed by atoms with Crippen LogP contribution in [0.3, 0.4) is 0 Å². The topological polar surface area (TPSA) is 89.2 Å². The highest BCUT2D eigenvalue weighted by Gasteiger charge is 2.21. The van der Waals surface area contributed by atoms with Gasteiger partial charge in [0, 0.05) is 12.4 Å². The molecule has 1 saturated heterocycles. The van der Waals surface area contributed by atoms with E-state index in [0.717, 1.165) is 43.9 Å². The summed E-state index contributed by atoms with van der Waals surface area (Å²) in [4.78, 5) is 11.2. The molecule has 0 aliphatic carbocycles. The minimum Gasteiger partial charge on any atom is -0.296 e. The van der Waals surface area contributed by atoms with E-state index < -0.39 is 10.0 Å². The lowest BCUT2D eigenvalue weighted by molar-refractivity contribution is 0.200. The Bertz CT molecular complexity index is 780. The van der Waals surface area contributed by atoms with Gasteiger partial charge in [0.05, 0.1) is 11.4 Å². The predicted octanol–water partition coefficient (Wildman–Crippen LogP) is 1.81. The SMILES string of the molecule is Cc1cnc(CN2CCC(c3ccc(S(N)(=O)=O)cc3)CC2)nc1. The van der Waals surface area contributed by atoms with Crippen molar-refractivity contribution in [3.05, 3.63) is 53.6 Å². The number of aromatic nitrogens is 2. The van der Waals surface area contributed by atoms with Gasteiger partial charge in [-0.15, -0.1) is 0 Å². The van der Waals surface area contributed by atoms with Crippen LogP contribution < -0.4 is 5.14 Å². The number of likely N-dealkylation sites (tertiary alicyclic amines) is 1. The minimum absolute atomic E-state index is 0.167. The van der Waals surface area contributed by atoms with Crippen molar-refractivity contribution in [1.29, 1.82) is 0 Å². The molecule has 3 rings (SSSR count). The molecular formula is C17H22N4O2S. The molecule has 2 N–H and O–H groups in total. The molecule has 2 aromatic rings. The van der Waals surface area contributed by atoms with Crippen molar-refractivity contribution in [2.75, 3.05) is 13.1 Å². The molecule has 1 aromatic heterocycles. The second-order valence-corrected chi connectivity index (χ2v) is 7.90. The molecule has 0 bridgehead atoms. The monoisotopic (exact) mass is 346 g/mol. The lowest BCUT2D eigenvalue weighted by Crippen LogP contribution is -2.33. The van der Waals surface area contributed by atoms with Gasteiger partial charge < -0.3 is 0 Å². The van der Waals surface area contributed by atoms with Crippen LogP contribution in [-0.2, 0) is 16.6 Å². The molecule has 1 fully saturated rings. The summed E-state index contributed by atoms with van der Waals surface area (Å²) in [7, 11) is -3.62. The molecule has 6 nitrogen and oxygen atoms in total. The summed E-state index contributed by atoms with van der Waals surface area (Å²) in [6.45, 7) is 4.73. The zero-order valence-corrected chi connectivity index (χ0v) is 14.5. The number of primary sulfonamides is 1. The van der Waals surface area contributed by atoms with Gasteiger partial charge in [0.25, 0.3) is 0 Å². The smallest absolute Gasteiger partial charge is 0.238 e. The molecule has 0 spiro atoms. The fourth-order valence-corrected chi connectivity index (χ4v) is 3.57. The Hall–Kier alpha value is -1.83. The quantitative estimate of drug-likeness (QED) is 0.912. The summed E-state index contributed by atoms with van der Waals surface area (Å²) >= 11 is 0. The molecular weight excluding hydrogens is 324 g/mol. The molecule has 1 aromatic carbocycles. The van der Waals surface area contributed by atoms with Crippen molar-refractivity contribution in [2.24, 2.45) is 5.14 Å². The molecule has 0 saturated carbocycles. The fraction of sp³-hybridized carbons (Fsp3) is 0.412. The van der Waals surface area contributed by atoms with E-state index in [1.165, 1.54) is 5.56 Å². The van der Waals surface area contributed by atoms with E-state index in [0.29, 0.717) is 5.92 Å². The van der Waals surface area contributed by atoms with Gasteiger partial charge in [0.2, 0.25) is 10.0 Å². The lowest BCUT2D eigenvalue weighted by Gasteiger charge is -2.31. The first-order valence-corrected chi connectivity index (χ1v) is 9.59. The second-order valence-electron chi connectivity index (χ2n) is 6.34. The zero-order chi connectivity index (χ0) is 17.2. The third-order valence-electron chi connectivity index (χ3n) is 4.47. The standard InChI is InChI=1S/C17H22N4O2S/c1-13-10-19-17(20-11-13)12-21-8-6-15(7-9-21)14-2-4-16(5-3-14)24(18,22)23/h2-5,10-11,15H,6-9,12H2,1H3,(H2,18,22,23). The molecule has 1 aliphatic rings. The van der Waals surface area contributed by atoms with Crippen molar-refractivity contribution in [3.63, 3.8) is 0 Å². The molecule has 0 radical (unpaired) electrons. The first-order chi connectivity index (χ1) is 11.4. The summed E-state index contributed by atoms with van der Waals surface area (Å²) in [6.07, 6.45) is 5.78. The largest absolute Gasteiger partial charge is 0.296 e. The minimum atomic E-state index is -3.62. The van der Waals surface area contributed by atoms with Crippen LogP contribution in [0.4, 0.5) is 0 Å². The zero-order valence-electron chi connectivity index (χ0n) is 13.7. The van der Waals surface area contributed by atoms with Gasteiger partial charge in [-0.05, 0) is 62.0 Å². The van der Waals surface area contributed by atoms with Crippen LogP contribution >= 0.6 is 0 Å². The number of sulfonamides is 1. The van der Waals surface area contributed by atoms with E-state index in [1.807, 2.05) is 31.5 Å². The third-order valence-corrected chi connectivity index (χ3v) is 5.40. The van der Waals surface area contributed by atoms with Crippen LogP contribution in [0.15, 0.2) is 41.6 Å². The Morgan fingerprint density at radius 3 is 2.25 bits per heavy atom. The summed E-state index contributed by atoms with van der Waals surface area (Å²) in [6, 6.07) is 6.95. The molecule has 7 heteroatoms. The average Bonchev–Trinajstić information content (AvgIpc) is 2.57. The van der Waals surface area contributed by atoms with Gasteiger partial charge in [0.1, 0.15) is 5.82 Å². The van der Waals surface area contributed by atoms with E-state index >= 15 is 0 Å². The van der Waals surface area contributed by atoms with Crippen LogP contribution in [0, 0.1) is 6.92 Å². The fourth-order valence-electron chi connectivity index (χ4n) is 3.06. The Morgan fingerprint density at radius 2 is 1.71 bits per heavy atom. The van der Waals surface area contributed by atoms with Gasteiger partial charge in [-0.25, -0.2) is 23.5 Å². The van der Waals surface area contributed by atoms with Crippen LogP contribution in [0.2, 0.25) is 0 Å². The normalized spacial score (nSPS) is 17.1. The maximum absolute atomic E-state index is 11.3. The Morgan fingerprint density at radius 1 is 1.12 bits per heavy atom. The van der Waals surface area contributed by atoms with Gasteiger partial charge in [-0.1, -0.05) is 12.1 Å². The summed E-state index contributed by atoms with van der Waals surface area (Å²) < 4.78 is 22.6. The molecule has 24 heavy (non-hydrogen) atoms. The van der Waals surface area contributed by atoms with Gasteiger partial charge in [-0.2, -0.15) is 0 Å². The number of nitrogens with zero attached hydrogens (tertiary/aromatic N) is 3. The Kier molecular flexibility index (Phi) is 4.93. The molecule has 0 unspecified atom stereocenters. The first-order valence-electron chi connectivity index (χ1n) is 8.04. The van der Waals surface area contributed by atoms with Gasteiger partial charge in [-0.3, -0.25) is 4.90 Å². The van der Waals surface area contributed by atoms with Crippen LogP contribution in [0.25, 0.3) is 0 Å². The lowest BCUT2D eigenvalue weighted by atomic mass is 9.89. The number of aryl methyl sites for hydroxylation is 1. The van der Waals surface area contributed by atoms with E-state index in [2.05, 4.69) is 14.9 Å². The van der Waals surface area contributed by atoms with Crippen molar-refractivity contribution in [1.82, 2.24) is 14.9 Å². The van der Waals surface area contributed by atoms with Crippen molar-refractivity contribution >= 4 is 10.0 Å². The number of hydrogen-bond donors (Lipinski definition) is 1. The molecule has 1 aliphatic heterocycles. The number of piperidine rings is 1. The average molecular weight is 346 g/mol. The molecule has 0 atom stereocenters. The van der Waals surface area contributed by atoms with E-state index in [4.69, 9.17) is 5.14 Å². The van der Waals surface area contributed by atoms with Crippen molar-refractivity contribution in [3.8, 4) is 0 Å². The second kappa shape index (κ2) is 6.96. The van der Waals surface area contributed by atoms with Crippen LogP contribution in [0.1, 0.15) is 35.7 Å². The van der Waals surface area contributed by atoms with Gasteiger partial charge >= 0.3 is 0 Å². The number of benzene rings is 1. The van der Waals surface area contributed by atoms with E-state index in [-0.39, 0.29) is 4.90 Å². The van der Waals surface area contributed by atoms with E-state index in [1.54, 1.807) is 12.1 Å². The molecule has 2 heterocycles. The molecule has 128 valence electrons. The van der Waals surface area contributed by atoms with Crippen molar-refractivity contribution in [2.45, 2.75) is 37.1 Å². The number of hydrogen-bond acceptors (Lipinski definition) is 5. The van der Waals surface area contributed by atoms with Crippen LogP contribution in [0.5, 0.6) is 0 Å². The highest BCUT2D eigenvalue weighted by Crippen LogP contribution is 2.29. The predicted molar refractivity (Wildman–Crippen MR) is 91.8 cm³/mol. The van der Waals surface area contributed by atoms with E-state index in [9.17, 15) is 8.42 Å². The summed E-state index contributed by atoms with van der Waals surface area (Å²) in [5, 5.41) is 5.14. The summed E-state index contributed by atoms with van der Waals surface area (Å²) in [5.41, 5.74) is 2.24. The third kappa shape index (κ3) is 4.17. The van der Waals surface area contributed by atoms with Crippen molar-refractivity contribution < 1.29 is 8.42 Å². The first kappa shape index (κ1) is 17.0. The highest BCUT2D eigenvalue weighted by atomic mass is 32.2. The Labute approximate surface area is 142 Å². The van der Waals surface area contributed by atoms with Crippen LogP contribution in [-0.4, -0.2) is 36.4 Å². The maximum atomic E-state index is 11.3. The van der Waals surface area contributed by atoms with Gasteiger partial charge in [0.15, 0.2) is 0 Å². The number of nitrogens with two attached hydrogens (primary N) is 1. The maximum Gasteiger partial charge on any atom is 0.238 e. The highest BCUT2D eigenvalue weighted by molar-refractivity contribution is 7.89.